The Morgan fingerprint density at radius 1 is 0.920 bits per heavy atom. The van der Waals surface area contributed by atoms with Crippen LogP contribution in [0, 0.1) is 11.8 Å². The van der Waals surface area contributed by atoms with E-state index in [0.29, 0.717) is 11.8 Å². The molecular weight excluding hydrogens is 306 g/mol. The Labute approximate surface area is 150 Å². The topological polar surface area (TPSA) is 29.1 Å². The zero-order valence-electron chi connectivity index (χ0n) is 14.9. The number of hydrogen-bond acceptors (Lipinski definition) is 2. The maximum absolute atomic E-state index is 12.8. The highest BCUT2D eigenvalue weighted by Crippen LogP contribution is 2.38. The fraction of sp³-hybridized carbons (Fsp3) is 0.435. The average molecular weight is 333 g/mol. The quantitative estimate of drug-likeness (QED) is 0.883. The third kappa shape index (κ3) is 3.41. The molecule has 4 rings (SSSR count). The summed E-state index contributed by atoms with van der Waals surface area (Å²) in [5.74, 6) is 0.790. The predicted octanol–water partition coefficient (Wildman–Crippen LogP) is 4.69. The Balaban J connectivity index is 1.50. The molecule has 0 bridgehead atoms. The minimum Gasteiger partial charge on any atom is -0.306 e. The van der Waals surface area contributed by atoms with E-state index < -0.39 is 0 Å². The molecule has 130 valence electrons. The molecular formula is C23H27NO. The molecule has 2 aromatic carbocycles. The number of ketones is 1. The van der Waals surface area contributed by atoms with Gasteiger partial charge < -0.3 is 5.32 Å². The molecule has 1 N–H and O–H groups in total. The van der Waals surface area contributed by atoms with E-state index in [1.165, 1.54) is 29.5 Å². The molecule has 1 heterocycles. The van der Waals surface area contributed by atoms with Crippen molar-refractivity contribution in [3.8, 4) is 0 Å². The summed E-state index contributed by atoms with van der Waals surface area (Å²) in [6.45, 7) is 2.10. The second-order valence-corrected chi connectivity index (χ2v) is 7.74. The lowest BCUT2D eigenvalue weighted by Crippen LogP contribution is -2.53. The highest BCUT2D eigenvalue weighted by molar-refractivity contribution is 5.85. The minimum absolute atomic E-state index is 0.0688. The van der Waals surface area contributed by atoms with E-state index in [0.717, 1.165) is 19.3 Å². The van der Waals surface area contributed by atoms with Crippen molar-refractivity contribution in [2.45, 2.75) is 51.1 Å². The zero-order valence-corrected chi connectivity index (χ0v) is 14.9. The van der Waals surface area contributed by atoms with Gasteiger partial charge in [-0.1, -0.05) is 74.4 Å². The van der Waals surface area contributed by atoms with Crippen molar-refractivity contribution in [1.82, 2.24) is 5.32 Å². The molecule has 1 aliphatic heterocycles. The van der Waals surface area contributed by atoms with Crippen molar-refractivity contribution in [1.29, 1.82) is 0 Å². The van der Waals surface area contributed by atoms with E-state index in [1.54, 1.807) is 0 Å². The molecule has 25 heavy (non-hydrogen) atoms. The molecule has 2 heteroatoms. The Morgan fingerprint density at radius 2 is 1.60 bits per heavy atom. The van der Waals surface area contributed by atoms with Gasteiger partial charge in [0.15, 0.2) is 0 Å². The number of carbonyl (C=O) groups is 1. The molecule has 1 saturated carbocycles. The molecule has 4 unspecified atom stereocenters. The second kappa shape index (κ2) is 7.13. The van der Waals surface area contributed by atoms with Gasteiger partial charge in [0.05, 0.1) is 0 Å². The normalized spacial score (nSPS) is 29.2. The number of fused-ring (bicyclic) bond motifs is 1. The standard InChI is InChI=1S/C23H27NO/c1-16-22(24-21-10-6-5-9-20(21)23(16)25)19-13-11-18(12-14-19)15-17-7-3-2-4-8-17/h2-4,7-8,11-14,16,20-22,24H,5-6,9-10,15H2,1H3. The van der Waals surface area contributed by atoms with Gasteiger partial charge in [0.25, 0.3) is 0 Å². The summed E-state index contributed by atoms with van der Waals surface area (Å²) in [6, 6.07) is 20.0. The monoisotopic (exact) mass is 333 g/mol. The fourth-order valence-corrected chi connectivity index (χ4v) is 4.61. The highest BCUT2D eigenvalue weighted by Gasteiger charge is 2.42. The first-order valence-corrected chi connectivity index (χ1v) is 9.65. The van der Waals surface area contributed by atoms with Crippen LogP contribution in [-0.4, -0.2) is 11.8 Å². The van der Waals surface area contributed by atoms with Crippen LogP contribution < -0.4 is 5.32 Å². The van der Waals surface area contributed by atoms with Crippen LogP contribution in [0.15, 0.2) is 54.6 Å². The summed E-state index contributed by atoms with van der Waals surface area (Å²) in [5, 5.41) is 3.80. The van der Waals surface area contributed by atoms with Crippen LogP contribution >= 0.6 is 0 Å². The lowest BCUT2D eigenvalue weighted by atomic mass is 9.71. The average Bonchev–Trinajstić information content (AvgIpc) is 2.66. The van der Waals surface area contributed by atoms with Crippen molar-refractivity contribution < 1.29 is 4.79 Å². The first-order chi connectivity index (χ1) is 12.2. The van der Waals surface area contributed by atoms with Crippen molar-refractivity contribution >= 4 is 5.78 Å². The number of hydrogen-bond donors (Lipinski definition) is 1. The van der Waals surface area contributed by atoms with Crippen LogP contribution in [-0.2, 0) is 11.2 Å². The SMILES string of the molecule is CC1C(=O)C2CCCCC2NC1c1ccc(Cc2ccccc2)cc1. The summed E-state index contributed by atoms with van der Waals surface area (Å²) in [4.78, 5) is 12.8. The van der Waals surface area contributed by atoms with Gasteiger partial charge >= 0.3 is 0 Å². The largest absolute Gasteiger partial charge is 0.306 e. The number of piperidine rings is 1. The maximum atomic E-state index is 12.8. The maximum Gasteiger partial charge on any atom is 0.142 e. The van der Waals surface area contributed by atoms with Gasteiger partial charge in [-0.3, -0.25) is 4.79 Å². The lowest BCUT2D eigenvalue weighted by molar-refractivity contribution is -0.132. The first-order valence-electron chi connectivity index (χ1n) is 9.65. The molecule has 2 fully saturated rings. The fourth-order valence-electron chi connectivity index (χ4n) is 4.61. The van der Waals surface area contributed by atoms with Crippen molar-refractivity contribution in [3.05, 3.63) is 71.3 Å². The third-order valence-corrected chi connectivity index (χ3v) is 6.06. The summed E-state index contributed by atoms with van der Waals surface area (Å²) >= 11 is 0. The van der Waals surface area contributed by atoms with Gasteiger partial charge in [-0.2, -0.15) is 0 Å². The van der Waals surface area contributed by atoms with Gasteiger partial charge in [0, 0.05) is 23.9 Å². The van der Waals surface area contributed by atoms with Gasteiger partial charge in [-0.15, -0.1) is 0 Å². The van der Waals surface area contributed by atoms with Crippen molar-refractivity contribution in [3.63, 3.8) is 0 Å². The van der Waals surface area contributed by atoms with E-state index in [-0.39, 0.29) is 17.9 Å². The van der Waals surface area contributed by atoms with Gasteiger partial charge in [-0.25, -0.2) is 0 Å². The number of nitrogens with one attached hydrogen (secondary N) is 1. The third-order valence-electron chi connectivity index (χ3n) is 6.06. The number of benzene rings is 2. The molecule has 4 atom stereocenters. The minimum atomic E-state index is 0.0688. The summed E-state index contributed by atoms with van der Waals surface area (Å²) < 4.78 is 0. The Kier molecular flexibility index (Phi) is 4.72. The lowest BCUT2D eigenvalue weighted by Gasteiger charge is -2.43. The van der Waals surface area contributed by atoms with E-state index in [1.807, 2.05) is 0 Å². The highest BCUT2D eigenvalue weighted by atomic mass is 16.1. The molecule has 0 spiro atoms. The number of rotatable bonds is 3. The molecule has 2 aromatic rings. The molecule has 1 saturated heterocycles. The smallest absolute Gasteiger partial charge is 0.142 e. The second-order valence-electron chi connectivity index (χ2n) is 7.74. The number of Topliss-reactive ketones (excluding diaryl/α,β-unsaturated/α-hetero) is 1. The number of carbonyl (C=O) groups excluding carboxylic acids is 1. The molecule has 0 radical (unpaired) electrons. The summed E-state index contributed by atoms with van der Waals surface area (Å²) in [6.07, 6.45) is 5.63. The predicted molar refractivity (Wildman–Crippen MR) is 101 cm³/mol. The van der Waals surface area contributed by atoms with Gasteiger partial charge in [-0.05, 0) is 36.0 Å². The Bertz CT molecular complexity index is 722. The van der Waals surface area contributed by atoms with Crippen molar-refractivity contribution in [2.75, 3.05) is 0 Å². The van der Waals surface area contributed by atoms with Gasteiger partial charge in [0.1, 0.15) is 5.78 Å². The van der Waals surface area contributed by atoms with Crippen LogP contribution in [0.5, 0.6) is 0 Å². The first kappa shape index (κ1) is 16.5. The van der Waals surface area contributed by atoms with E-state index >= 15 is 0 Å². The summed E-state index contributed by atoms with van der Waals surface area (Å²) in [7, 11) is 0. The zero-order chi connectivity index (χ0) is 17.2. The van der Waals surface area contributed by atoms with Crippen molar-refractivity contribution in [2.24, 2.45) is 11.8 Å². The van der Waals surface area contributed by atoms with Gasteiger partial charge in [0.2, 0.25) is 0 Å². The summed E-state index contributed by atoms with van der Waals surface area (Å²) in [5.41, 5.74) is 3.90. The van der Waals surface area contributed by atoms with Crippen LogP contribution in [0.2, 0.25) is 0 Å². The van der Waals surface area contributed by atoms with E-state index in [4.69, 9.17) is 0 Å². The molecule has 2 nitrogen and oxygen atoms in total. The van der Waals surface area contributed by atoms with Crippen LogP contribution in [0.3, 0.4) is 0 Å². The molecule has 1 aliphatic carbocycles. The molecule has 0 amide bonds. The molecule has 0 aromatic heterocycles. The Hall–Kier alpha value is -1.93. The van der Waals surface area contributed by atoms with Crippen LogP contribution in [0.4, 0.5) is 0 Å². The van der Waals surface area contributed by atoms with Crippen LogP contribution in [0.25, 0.3) is 0 Å². The van der Waals surface area contributed by atoms with E-state index in [2.05, 4.69) is 66.8 Å². The van der Waals surface area contributed by atoms with E-state index in [9.17, 15) is 4.79 Å². The Morgan fingerprint density at radius 3 is 2.36 bits per heavy atom. The molecule has 2 aliphatic rings. The van der Waals surface area contributed by atoms with Crippen LogP contribution in [0.1, 0.15) is 55.3 Å².